The second-order valence-electron chi connectivity index (χ2n) is 9.10. The van der Waals surface area contributed by atoms with E-state index in [0.29, 0.717) is 29.1 Å². The number of carbonyl (C=O) groups excluding carboxylic acids is 2. The highest BCUT2D eigenvalue weighted by atomic mass is 16.5. The number of anilines is 1. The molecule has 5 rings (SSSR count). The van der Waals surface area contributed by atoms with Gasteiger partial charge in [-0.3, -0.25) is 14.6 Å². The molecular weight excluding hydrogens is 474 g/mol. The number of methoxy groups -OCH3 is 1. The first kappa shape index (κ1) is 24.4. The number of ether oxygens (including phenoxy) is 2. The fourth-order valence-electron chi connectivity index (χ4n) is 4.79. The summed E-state index contributed by atoms with van der Waals surface area (Å²) < 4.78 is 10.6. The maximum atomic E-state index is 13.1. The largest absolute Gasteiger partial charge is 0.481 e. The van der Waals surface area contributed by atoms with Crippen molar-refractivity contribution in [2.24, 2.45) is 0 Å². The van der Waals surface area contributed by atoms with Gasteiger partial charge in [0.25, 0.3) is 11.8 Å². The van der Waals surface area contributed by atoms with Crippen molar-refractivity contribution >= 4 is 28.7 Å². The summed E-state index contributed by atoms with van der Waals surface area (Å²) in [5.74, 6) is 0.743. The van der Waals surface area contributed by atoms with Crippen molar-refractivity contribution in [3.05, 3.63) is 47.3 Å². The Morgan fingerprint density at radius 1 is 1.27 bits per heavy atom. The van der Waals surface area contributed by atoms with Gasteiger partial charge in [0.2, 0.25) is 5.88 Å². The lowest BCUT2D eigenvalue weighted by atomic mass is 10.0. The second-order valence-corrected chi connectivity index (χ2v) is 9.10. The van der Waals surface area contributed by atoms with Crippen LogP contribution in [-0.2, 0) is 11.2 Å². The SMILES string of the molecule is COc1ccc2ncc(C#N)c(CCN3CCC(N(C)C(=O)c4ccc5c(n4)NC(=O)CO5)CC3)c2n1. The summed E-state index contributed by atoms with van der Waals surface area (Å²) in [6.07, 6.45) is 3.90. The lowest BCUT2D eigenvalue weighted by molar-refractivity contribution is -0.118. The first-order chi connectivity index (χ1) is 18.0. The third-order valence-electron chi connectivity index (χ3n) is 6.92. The van der Waals surface area contributed by atoms with Crippen LogP contribution in [0.5, 0.6) is 11.6 Å². The molecule has 190 valence electrons. The number of aromatic nitrogens is 3. The van der Waals surface area contributed by atoms with E-state index in [1.807, 2.05) is 6.07 Å². The van der Waals surface area contributed by atoms with Gasteiger partial charge < -0.3 is 24.6 Å². The quantitative estimate of drug-likeness (QED) is 0.538. The molecule has 0 aliphatic carbocycles. The molecule has 37 heavy (non-hydrogen) atoms. The van der Waals surface area contributed by atoms with E-state index in [1.165, 1.54) is 0 Å². The van der Waals surface area contributed by atoms with Gasteiger partial charge in [0.15, 0.2) is 18.2 Å². The van der Waals surface area contributed by atoms with E-state index in [-0.39, 0.29) is 36.0 Å². The van der Waals surface area contributed by atoms with Crippen molar-refractivity contribution in [1.82, 2.24) is 24.8 Å². The molecule has 0 bridgehead atoms. The molecule has 2 aliphatic rings. The van der Waals surface area contributed by atoms with Crippen LogP contribution in [0.3, 0.4) is 0 Å². The Balaban J connectivity index is 1.21. The summed E-state index contributed by atoms with van der Waals surface area (Å²) in [6.45, 7) is 2.36. The molecular formula is C26H27N7O4. The number of nitrogens with zero attached hydrogens (tertiary/aromatic N) is 6. The average molecular weight is 502 g/mol. The van der Waals surface area contributed by atoms with E-state index in [4.69, 9.17) is 9.47 Å². The van der Waals surface area contributed by atoms with E-state index in [1.54, 1.807) is 43.5 Å². The predicted octanol–water partition coefficient (Wildman–Crippen LogP) is 2.02. The molecule has 0 atom stereocenters. The minimum Gasteiger partial charge on any atom is -0.481 e. The number of nitrogens with one attached hydrogen (secondary N) is 1. The highest BCUT2D eigenvalue weighted by molar-refractivity contribution is 5.97. The molecule has 0 unspecified atom stereocenters. The summed E-state index contributed by atoms with van der Waals surface area (Å²) in [7, 11) is 3.36. The van der Waals surface area contributed by atoms with Gasteiger partial charge in [0.1, 0.15) is 11.8 Å². The Kier molecular flexibility index (Phi) is 6.83. The van der Waals surface area contributed by atoms with Crippen LogP contribution in [0.1, 0.15) is 34.5 Å². The fourth-order valence-corrected chi connectivity index (χ4v) is 4.79. The number of hydrogen-bond acceptors (Lipinski definition) is 9. The molecule has 0 aromatic carbocycles. The maximum Gasteiger partial charge on any atom is 0.272 e. The van der Waals surface area contributed by atoms with Crippen molar-refractivity contribution in [3.8, 4) is 17.7 Å². The number of pyridine rings is 3. The minimum absolute atomic E-state index is 0.0552. The number of carbonyl (C=O) groups is 2. The number of piperidine rings is 1. The number of nitriles is 1. The predicted molar refractivity (Wildman–Crippen MR) is 134 cm³/mol. The topological polar surface area (TPSA) is 134 Å². The van der Waals surface area contributed by atoms with E-state index in [0.717, 1.165) is 43.6 Å². The zero-order valence-electron chi connectivity index (χ0n) is 20.7. The van der Waals surface area contributed by atoms with Crippen molar-refractivity contribution in [1.29, 1.82) is 5.26 Å². The van der Waals surface area contributed by atoms with Gasteiger partial charge in [-0.05, 0) is 37.5 Å². The van der Waals surface area contributed by atoms with Crippen molar-refractivity contribution in [2.45, 2.75) is 25.3 Å². The van der Waals surface area contributed by atoms with Crippen LogP contribution in [0.25, 0.3) is 11.0 Å². The third-order valence-corrected chi connectivity index (χ3v) is 6.92. The Morgan fingerprint density at radius 2 is 2.08 bits per heavy atom. The van der Waals surface area contributed by atoms with Crippen LogP contribution in [0, 0.1) is 11.3 Å². The molecule has 0 saturated carbocycles. The van der Waals surface area contributed by atoms with Crippen LogP contribution >= 0.6 is 0 Å². The normalized spacial score (nSPS) is 15.9. The van der Waals surface area contributed by atoms with Gasteiger partial charge in [0.05, 0.1) is 23.7 Å². The second kappa shape index (κ2) is 10.4. The molecule has 1 fully saturated rings. The van der Waals surface area contributed by atoms with E-state index >= 15 is 0 Å². The Morgan fingerprint density at radius 3 is 2.84 bits per heavy atom. The fraction of sp³-hybridized carbons (Fsp3) is 0.385. The van der Waals surface area contributed by atoms with Crippen LogP contribution in [0.15, 0.2) is 30.5 Å². The van der Waals surface area contributed by atoms with Crippen molar-refractivity contribution in [2.75, 3.05) is 45.7 Å². The summed E-state index contributed by atoms with van der Waals surface area (Å²) in [5.41, 5.74) is 3.09. The molecule has 11 nitrogen and oxygen atoms in total. The molecule has 0 spiro atoms. The van der Waals surface area contributed by atoms with E-state index in [2.05, 4.69) is 31.2 Å². The van der Waals surface area contributed by atoms with Gasteiger partial charge in [0, 0.05) is 50.6 Å². The zero-order chi connectivity index (χ0) is 25.9. The molecule has 1 N–H and O–H groups in total. The van der Waals surface area contributed by atoms with E-state index in [9.17, 15) is 14.9 Å². The summed E-state index contributed by atoms with van der Waals surface area (Å²) in [4.78, 5) is 42.0. The number of rotatable bonds is 6. The third kappa shape index (κ3) is 5.01. The summed E-state index contributed by atoms with van der Waals surface area (Å²) in [6, 6.07) is 9.22. The number of fused-ring (bicyclic) bond motifs is 2. The van der Waals surface area contributed by atoms with Crippen LogP contribution in [0.4, 0.5) is 5.82 Å². The Labute approximate surface area is 214 Å². The highest BCUT2D eigenvalue weighted by Crippen LogP contribution is 2.27. The average Bonchev–Trinajstić information content (AvgIpc) is 2.94. The number of likely N-dealkylation sites (tertiary alicyclic amines) is 1. The lowest BCUT2D eigenvalue weighted by Gasteiger charge is -2.36. The van der Waals surface area contributed by atoms with E-state index < -0.39 is 0 Å². The monoisotopic (exact) mass is 501 g/mol. The highest BCUT2D eigenvalue weighted by Gasteiger charge is 2.28. The molecule has 3 aromatic rings. The first-order valence-electron chi connectivity index (χ1n) is 12.1. The van der Waals surface area contributed by atoms with Gasteiger partial charge in [-0.1, -0.05) is 0 Å². The van der Waals surface area contributed by atoms with Crippen LogP contribution < -0.4 is 14.8 Å². The van der Waals surface area contributed by atoms with Crippen LogP contribution in [0.2, 0.25) is 0 Å². The molecule has 11 heteroatoms. The number of hydrogen-bond donors (Lipinski definition) is 1. The van der Waals surface area contributed by atoms with Gasteiger partial charge >= 0.3 is 0 Å². The molecule has 5 heterocycles. The molecule has 2 amide bonds. The minimum atomic E-state index is -0.290. The lowest BCUT2D eigenvalue weighted by Crippen LogP contribution is -2.46. The Hall–Kier alpha value is -4.30. The van der Waals surface area contributed by atoms with Gasteiger partial charge in [-0.15, -0.1) is 0 Å². The zero-order valence-corrected chi connectivity index (χ0v) is 20.7. The molecule has 1 saturated heterocycles. The van der Waals surface area contributed by atoms with Crippen LogP contribution in [-0.4, -0.2) is 83.0 Å². The van der Waals surface area contributed by atoms with Gasteiger partial charge in [-0.25, -0.2) is 9.97 Å². The van der Waals surface area contributed by atoms with Crippen molar-refractivity contribution < 1.29 is 19.1 Å². The number of amides is 2. The van der Waals surface area contributed by atoms with Crippen molar-refractivity contribution in [3.63, 3.8) is 0 Å². The smallest absolute Gasteiger partial charge is 0.272 e. The molecule has 0 radical (unpaired) electrons. The first-order valence-corrected chi connectivity index (χ1v) is 12.1. The Bertz CT molecular complexity index is 1400. The standard InChI is InChI=1S/C26H27N7O4/c1-32(26(35)20-3-5-21-25(29-20)30-22(34)15-37-21)17-7-10-33(11-8-17)12-9-18-16(13-27)14-28-19-4-6-23(36-2)31-24(18)19/h3-6,14,17H,7-12,15H2,1-2H3,(H,29,30,34). The van der Waals surface area contributed by atoms with Gasteiger partial charge in [-0.2, -0.15) is 5.26 Å². The summed E-state index contributed by atoms with van der Waals surface area (Å²) >= 11 is 0. The summed E-state index contributed by atoms with van der Waals surface area (Å²) in [5, 5.41) is 12.3. The maximum absolute atomic E-state index is 13.1. The molecule has 3 aromatic heterocycles. The molecule has 2 aliphatic heterocycles.